The summed E-state index contributed by atoms with van der Waals surface area (Å²) in [6, 6.07) is 11.1. The molecule has 2 fully saturated rings. The first kappa shape index (κ1) is 47.7. The highest BCUT2D eigenvalue weighted by atomic mass is 16.5. The van der Waals surface area contributed by atoms with Crippen molar-refractivity contribution in [1.29, 1.82) is 0 Å². The standard InChI is InChI=1S/C49H60N12O7/c1-31-10-12-41(52-27-31)56-47(65)37-25-34-7-6-15-50-39(34)26-40(37)55-43(63)14-21-67-23-24-68-22-16-51-44(64)30-59-17-19-60(20-18-59)36-11-13-42(53-28-36)57-49-54-29-38-32(2)45(33(3)62)48(66)61(46(38)58-49)35-8-4-5-9-35/h10-13,25-29,35,50H,4-9,14-24,30H2,1-3H3,(H,51,64)(H,55,63)(H,52,56,65)(H,53,54,57,58). The Kier molecular flexibility index (Phi) is 15.6. The zero-order valence-corrected chi connectivity index (χ0v) is 39.0. The molecule has 8 rings (SSSR count). The number of hydrogen-bond donors (Lipinski definition) is 5. The zero-order chi connectivity index (χ0) is 47.6. The Labute approximate surface area is 394 Å². The number of ether oxygens (including phenoxy) is 2. The minimum absolute atomic E-state index is 0.00782. The number of benzene rings is 1. The van der Waals surface area contributed by atoms with Crippen LogP contribution in [0.3, 0.4) is 0 Å². The first-order valence-electron chi connectivity index (χ1n) is 23.5. The van der Waals surface area contributed by atoms with Gasteiger partial charge in [0.25, 0.3) is 11.5 Å². The third-order valence-electron chi connectivity index (χ3n) is 12.6. The van der Waals surface area contributed by atoms with E-state index in [0.29, 0.717) is 78.3 Å². The molecule has 0 spiro atoms. The molecule has 3 amide bonds. The lowest BCUT2D eigenvalue weighted by atomic mass is 9.98. The summed E-state index contributed by atoms with van der Waals surface area (Å²) in [5.74, 6) is 0.340. The molecule has 19 heteroatoms. The van der Waals surface area contributed by atoms with Crippen molar-refractivity contribution >= 4 is 69.2 Å². The average molecular weight is 929 g/mol. The van der Waals surface area contributed by atoms with Crippen LogP contribution in [0, 0.1) is 13.8 Å². The number of rotatable bonds is 19. The number of fused-ring (bicyclic) bond motifs is 2. The number of Topliss-reactive ketones (excluding diaryl/α,β-unsaturated/α-hetero) is 1. The van der Waals surface area contributed by atoms with Crippen molar-refractivity contribution in [3.05, 3.63) is 93.2 Å². The highest BCUT2D eigenvalue weighted by Crippen LogP contribution is 2.33. The van der Waals surface area contributed by atoms with Gasteiger partial charge in [0.1, 0.15) is 17.3 Å². The van der Waals surface area contributed by atoms with Crippen molar-refractivity contribution in [2.75, 3.05) is 98.4 Å². The largest absolute Gasteiger partial charge is 0.385 e. The quantitative estimate of drug-likeness (QED) is 0.0532. The monoisotopic (exact) mass is 928 g/mol. The van der Waals surface area contributed by atoms with E-state index in [9.17, 15) is 24.0 Å². The lowest BCUT2D eigenvalue weighted by molar-refractivity contribution is -0.122. The molecule has 1 saturated carbocycles. The van der Waals surface area contributed by atoms with Crippen molar-refractivity contribution < 1.29 is 28.7 Å². The number of ketones is 1. The molecule has 0 atom stereocenters. The van der Waals surface area contributed by atoms with Crippen molar-refractivity contribution in [2.45, 2.75) is 71.8 Å². The Hall–Kier alpha value is -6.83. The SMILES string of the molecule is CC(=O)c1c(C)c2cnc(Nc3ccc(N4CCN(CC(=O)NCCOCCOCCC(=O)Nc5cc6c(cc5C(=O)Nc5ccc(C)cn5)CCCN6)CC4)cn3)nc2n(C2CCCC2)c1=O. The van der Waals surface area contributed by atoms with Gasteiger partial charge in [-0.25, -0.2) is 15.0 Å². The van der Waals surface area contributed by atoms with Gasteiger partial charge in [0.2, 0.25) is 17.8 Å². The number of aryl methyl sites for hydroxylation is 3. The molecular weight excluding hydrogens is 869 g/mol. The van der Waals surface area contributed by atoms with Crippen LogP contribution in [0.5, 0.6) is 0 Å². The normalized spacial score (nSPS) is 15.1. The summed E-state index contributed by atoms with van der Waals surface area (Å²) in [7, 11) is 0. The predicted molar refractivity (Wildman–Crippen MR) is 260 cm³/mol. The maximum Gasteiger partial charge on any atom is 0.263 e. The highest BCUT2D eigenvalue weighted by Gasteiger charge is 2.27. The van der Waals surface area contributed by atoms with E-state index in [-0.39, 0.29) is 66.8 Å². The fourth-order valence-corrected chi connectivity index (χ4v) is 8.99. The van der Waals surface area contributed by atoms with Gasteiger partial charge in [-0.2, -0.15) is 4.98 Å². The number of nitrogens with one attached hydrogen (secondary N) is 5. The van der Waals surface area contributed by atoms with E-state index in [1.54, 1.807) is 36.1 Å². The molecule has 0 radical (unpaired) electrons. The fraction of sp³-hybridized carbons (Fsp3) is 0.449. The lowest BCUT2D eigenvalue weighted by Gasteiger charge is -2.35. The average Bonchev–Trinajstić information content (AvgIpc) is 3.86. The number of carbonyl (C=O) groups is 4. The molecule has 68 heavy (non-hydrogen) atoms. The number of anilines is 6. The Morgan fingerprint density at radius 3 is 2.32 bits per heavy atom. The van der Waals surface area contributed by atoms with Crippen LogP contribution in [-0.2, 0) is 25.5 Å². The summed E-state index contributed by atoms with van der Waals surface area (Å²) < 4.78 is 13.0. The number of amides is 3. The second-order valence-corrected chi connectivity index (χ2v) is 17.5. The van der Waals surface area contributed by atoms with E-state index in [2.05, 4.69) is 51.3 Å². The van der Waals surface area contributed by atoms with Gasteiger partial charge in [-0.05, 0) is 93.5 Å². The molecule has 1 saturated heterocycles. The number of hydrogen-bond acceptors (Lipinski definition) is 15. The smallest absolute Gasteiger partial charge is 0.263 e. The van der Waals surface area contributed by atoms with Crippen LogP contribution in [0.15, 0.2) is 59.8 Å². The van der Waals surface area contributed by atoms with E-state index in [4.69, 9.17) is 14.5 Å². The molecular formula is C49H60N12O7. The van der Waals surface area contributed by atoms with E-state index in [0.717, 1.165) is 80.7 Å². The van der Waals surface area contributed by atoms with Crippen molar-refractivity contribution in [3.8, 4) is 0 Å². The summed E-state index contributed by atoms with van der Waals surface area (Å²) >= 11 is 0. The van der Waals surface area contributed by atoms with Gasteiger partial charge in [-0.3, -0.25) is 33.4 Å². The molecule has 0 unspecified atom stereocenters. The molecule has 2 aliphatic heterocycles. The van der Waals surface area contributed by atoms with E-state index >= 15 is 0 Å². The molecule has 4 aromatic heterocycles. The number of carbonyl (C=O) groups excluding carboxylic acids is 4. The van der Waals surface area contributed by atoms with Crippen LogP contribution < -0.4 is 37.0 Å². The van der Waals surface area contributed by atoms with Crippen LogP contribution in [-0.4, -0.2) is 125 Å². The van der Waals surface area contributed by atoms with Crippen LogP contribution in [0.4, 0.5) is 34.6 Å². The Morgan fingerprint density at radius 2 is 1.59 bits per heavy atom. The van der Waals surface area contributed by atoms with E-state index in [1.165, 1.54) is 6.92 Å². The molecule has 6 heterocycles. The first-order chi connectivity index (χ1) is 33.0. The van der Waals surface area contributed by atoms with E-state index in [1.807, 2.05) is 37.3 Å². The summed E-state index contributed by atoms with van der Waals surface area (Å²) in [6.45, 7) is 10.6. The summed E-state index contributed by atoms with van der Waals surface area (Å²) in [6.07, 6.45) is 10.8. The zero-order valence-electron chi connectivity index (χ0n) is 39.0. The Morgan fingerprint density at radius 1 is 0.824 bits per heavy atom. The van der Waals surface area contributed by atoms with E-state index < -0.39 is 0 Å². The van der Waals surface area contributed by atoms with Crippen LogP contribution in [0.25, 0.3) is 11.0 Å². The maximum atomic E-state index is 13.6. The van der Waals surface area contributed by atoms with Crippen LogP contribution in [0.1, 0.15) is 88.9 Å². The second kappa shape index (κ2) is 22.3. The fourth-order valence-electron chi connectivity index (χ4n) is 8.99. The predicted octanol–water partition coefficient (Wildman–Crippen LogP) is 5.17. The minimum atomic E-state index is -0.354. The molecule has 5 N–H and O–H groups in total. The summed E-state index contributed by atoms with van der Waals surface area (Å²) in [5.41, 5.74) is 5.68. The number of piperazine rings is 1. The van der Waals surface area contributed by atoms with Gasteiger partial charge in [0.05, 0.1) is 68.1 Å². The van der Waals surface area contributed by atoms with Gasteiger partial charge >= 0.3 is 0 Å². The first-order valence-corrected chi connectivity index (χ1v) is 23.5. The van der Waals surface area contributed by atoms with Gasteiger partial charge in [0, 0.05) is 68.8 Å². The number of pyridine rings is 3. The number of nitrogens with zero attached hydrogens (tertiary/aromatic N) is 7. The van der Waals surface area contributed by atoms with Crippen molar-refractivity contribution in [3.63, 3.8) is 0 Å². The molecule has 5 aromatic rings. The van der Waals surface area contributed by atoms with Crippen molar-refractivity contribution in [2.24, 2.45) is 0 Å². The van der Waals surface area contributed by atoms with Gasteiger partial charge < -0.3 is 41.0 Å². The minimum Gasteiger partial charge on any atom is -0.385 e. The third kappa shape index (κ3) is 11.8. The molecule has 0 bridgehead atoms. The maximum absolute atomic E-state index is 13.6. The lowest BCUT2D eigenvalue weighted by Crippen LogP contribution is -2.49. The van der Waals surface area contributed by atoms with Gasteiger partial charge in [0.15, 0.2) is 5.78 Å². The number of aromatic nitrogens is 5. The third-order valence-corrected chi connectivity index (χ3v) is 12.6. The topological polar surface area (TPSA) is 227 Å². The molecule has 3 aliphatic rings. The Balaban J connectivity index is 0.708. The highest BCUT2D eigenvalue weighted by molar-refractivity contribution is 6.10. The molecule has 1 aromatic carbocycles. The van der Waals surface area contributed by atoms with Gasteiger partial charge in [-0.1, -0.05) is 18.9 Å². The summed E-state index contributed by atoms with van der Waals surface area (Å²) in [5, 5.41) is 15.9. The van der Waals surface area contributed by atoms with Gasteiger partial charge in [-0.15, -0.1) is 0 Å². The summed E-state index contributed by atoms with van der Waals surface area (Å²) in [4.78, 5) is 87.5. The second-order valence-electron chi connectivity index (χ2n) is 17.5. The van der Waals surface area contributed by atoms with Crippen LogP contribution >= 0.6 is 0 Å². The Bertz CT molecular complexity index is 2680. The molecule has 358 valence electrons. The molecule has 19 nitrogen and oxygen atoms in total. The van der Waals surface area contributed by atoms with Crippen LogP contribution in [0.2, 0.25) is 0 Å². The van der Waals surface area contributed by atoms with Crippen molar-refractivity contribution in [1.82, 2.24) is 34.7 Å². The molecule has 1 aliphatic carbocycles.